The lowest BCUT2D eigenvalue weighted by Crippen LogP contribution is -2.38. The molecule has 2 aliphatic rings. The van der Waals surface area contributed by atoms with E-state index in [1.54, 1.807) is 0 Å². The Bertz CT molecular complexity index is 294. The summed E-state index contributed by atoms with van der Waals surface area (Å²) in [4.78, 5) is 0. The molecule has 3 nitrogen and oxygen atoms in total. The van der Waals surface area contributed by atoms with E-state index < -0.39 is 0 Å². The molecule has 3 heteroatoms. The van der Waals surface area contributed by atoms with Crippen molar-refractivity contribution in [1.82, 2.24) is 10.6 Å². The first-order chi connectivity index (χ1) is 11.1. The van der Waals surface area contributed by atoms with Crippen molar-refractivity contribution in [2.45, 2.75) is 96.7 Å². The van der Waals surface area contributed by atoms with E-state index in [0.717, 1.165) is 37.7 Å². The van der Waals surface area contributed by atoms with Gasteiger partial charge >= 0.3 is 0 Å². The van der Waals surface area contributed by atoms with Gasteiger partial charge in [0.05, 0.1) is 12.7 Å². The van der Waals surface area contributed by atoms with Crippen LogP contribution in [0, 0.1) is 11.8 Å². The summed E-state index contributed by atoms with van der Waals surface area (Å²) < 4.78 is 6.19. The zero-order chi connectivity index (χ0) is 16.5. The highest BCUT2D eigenvalue weighted by Gasteiger charge is 2.22. The van der Waals surface area contributed by atoms with Crippen LogP contribution in [0.2, 0.25) is 0 Å². The Morgan fingerprint density at radius 1 is 0.783 bits per heavy atom. The predicted octanol–water partition coefficient (Wildman–Crippen LogP) is 4.12. The van der Waals surface area contributed by atoms with E-state index in [9.17, 15) is 0 Å². The highest BCUT2D eigenvalue weighted by Crippen LogP contribution is 2.22. The molecule has 0 amide bonds. The largest absolute Gasteiger partial charge is 0.378 e. The van der Waals surface area contributed by atoms with Gasteiger partial charge in [-0.3, -0.25) is 0 Å². The van der Waals surface area contributed by atoms with Gasteiger partial charge in [0.2, 0.25) is 0 Å². The summed E-state index contributed by atoms with van der Waals surface area (Å²) in [6.07, 6.45) is 12.6. The monoisotopic (exact) mass is 324 g/mol. The smallest absolute Gasteiger partial charge is 0.0576 e. The minimum atomic E-state index is 0.504. The van der Waals surface area contributed by atoms with Crippen LogP contribution in [-0.2, 0) is 4.74 Å². The number of ether oxygens (including phenoxy) is 1. The van der Waals surface area contributed by atoms with E-state index in [0.29, 0.717) is 12.0 Å². The molecular formula is C20H40N2O. The summed E-state index contributed by atoms with van der Waals surface area (Å²) in [6, 6.07) is 1.50. The van der Waals surface area contributed by atoms with Crippen molar-refractivity contribution < 1.29 is 4.74 Å². The van der Waals surface area contributed by atoms with E-state index in [1.165, 1.54) is 57.8 Å². The SMILES string of the molecule is CC(C)CN[C@H]1CC[C@@H](OCC(C)CNC2CCCCC2)CC1. The molecule has 136 valence electrons. The van der Waals surface area contributed by atoms with Crippen LogP contribution >= 0.6 is 0 Å². The molecule has 0 aliphatic heterocycles. The van der Waals surface area contributed by atoms with Crippen molar-refractivity contribution in [1.29, 1.82) is 0 Å². The minimum Gasteiger partial charge on any atom is -0.378 e. The topological polar surface area (TPSA) is 33.3 Å². The molecule has 2 saturated carbocycles. The molecule has 1 unspecified atom stereocenters. The predicted molar refractivity (Wildman–Crippen MR) is 98.9 cm³/mol. The molecule has 0 radical (unpaired) electrons. The van der Waals surface area contributed by atoms with Crippen molar-refractivity contribution in [2.75, 3.05) is 19.7 Å². The first kappa shape index (κ1) is 19.2. The van der Waals surface area contributed by atoms with Crippen LogP contribution in [0.5, 0.6) is 0 Å². The Morgan fingerprint density at radius 2 is 1.39 bits per heavy atom. The molecule has 0 heterocycles. The fourth-order valence-corrected chi connectivity index (χ4v) is 3.87. The van der Waals surface area contributed by atoms with Crippen LogP contribution in [0.1, 0.15) is 78.6 Å². The number of rotatable bonds is 9. The minimum absolute atomic E-state index is 0.504. The van der Waals surface area contributed by atoms with Gasteiger partial charge in [-0.25, -0.2) is 0 Å². The molecular weight excluding hydrogens is 284 g/mol. The molecule has 0 bridgehead atoms. The molecule has 0 aromatic heterocycles. The molecule has 2 fully saturated rings. The first-order valence-corrected chi connectivity index (χ1v) is 10.2. The average Bonchev–Trinajstić information content (AvgIpc) is 2.58. The molecule has 0 spiro atoms. The standard InChI is InChI=1S/C20H40N2O/c1-16(2)13-21-19-9-11-20(12-10-19)23-15-17(3)14-22-18-7-5-4-6-8-18/h16-22H,4-15H2,1-3H3/t17?,19-,20+. The Morgan fingerprint density at radius 3 is 2.04 bits per heavy atom. The van der Waals surface area contributed by atoms with E-state index in [2.05, 4.69) is 31.4 Å². The van der Waals surface area contributed by atoms with E-state index in [-0.39, 0.29) is 0 Å². The van der Waals surface area contributed by atoms with Gasteiger partial charge in [-0.05, 0) is 56.9 Å². The van der Waals surface area contributed by atoms with Crippen LogP contribution in [0.25, 0.3) is 0 Å². The maximum absolute atomic E-state index is 6.19. The van der Waals surface area contributed by atoms with Crippen LogP contribution in [-0.4, -0.2) is 37.9 Å². The molecule has 0 saturated heterocycles. The van der Waals surface area contributed by atoms with Gasteiger partial charge in [0.15, 0.2) is 0 Å². The summed E-state index contributed by atoms with van der Waals surface area (Å²) in [7, 11) is 0. The first-order valence-electron chi connectivity index (χ1n) is 10.2. The summed E-state index contributed by atoms with van der Waals surface area (Å²) in [5, 5.41) is 7.45. The quantitative estimate of drug-likeness (QED) is 0.669. The van der Waals surface area contributed by atoms with Crippen LogP contribution in [0.15, 0.2) is 0 Å². The summed E-state index contributed by atoms with van der Waals surface area (Å²) in [6.45, 7) is 10.1. The molecule has 1 atom stereocenters. The maximum Gasteiger partial charge on any atom is 0.0576 e. The lowest BCUT2D eigenvalue weighted by Gasteiger charge is -2.31. The molecule has 2 N–H and O–H groups in total. The van der Waals surface area contributed by atoms with Crippen molar-refractivity contribution in [3.05, 3.63) is 0 Å². The van der Waals surface area contributed by atoms with Gasteiger partial charge in [0.1, 0.15) is 0 Å². The highest BCUT2D eigenvalue weighted by atomic mass is 16.5. The Kier molecular flexibility index (Phi) is 8.92. The van der Waals surface area contributed by atoms with Gasteiger partial charge in [-0.1, -0.05) is 40.0 Å². The zero-order valence-corrected chi connectivity index (χ0v) is 15.8. The highest BCUT2D eigenvalue weighted by molar-refractivity contribution is 4.78. The van der Waals surface area contributed by atoms with Gasteiger partial charge in [0.25, 0.3) is 0 Å². The lowest BCUT2D eigenvalue weighted by atomic mass is 9.92. The molecule has 0 aromatic rings. The second-order valence-electron chi connectivity index (χ2n) is 8.46. The van der Waals surface area contributed by atoms with Crippen LogP contribution < -0.4 is 10.6 Å². The number of hydrogen-bond donors (Lipinski definition) is 2. The molecule has 2 rings (SSSR count). The van der Waals surface area contributed by atoms with Crippen LogP contribution in [0.3, 0.4) is 0 Å². The lowest BCUT2D eigenvalue weighted by molar-refractivity contribution is 0.00530. The third-order valence-electron chi connectivity index (χ3n) is 5.47. The second kappa shape index (κ2) is 10.7. The van der Waals surface area contributed by atoms with Crippen LogP contribution in [0.4, 0.5) is 0 Å². The summed E-state index contributed by atoms with van der Waals surface area (Å²) >= 11 is 0. The Labute approximate surface area is 144 Å². The van der Waals surface area contributed by atoms with Gasteiger partial charge in [0, 0.05) is 18.6 Å². The Balaban J connectivity index is 1.50. The van der Waals surface area contributed by atoms with Crippen molar-refractivity contribution in [3.63, 3.8) is 0 Å². The van der Waals surface area contributed by atoms with E-state index in [4.69, 9.17) is 4.74 Å². The molecule has 2 aliphatic carbocycles. The normalized spacial score (nSPS) is 28.2. The zero-order valence-electron chi connectivity index (χ0n) is 15.8. The fraction of sp³-hybridized carbons (Fsp3) is 1.00. The van der Waals surface area contributed by atoms with Crippen molar-refractivity contribution in [2.24, 2.45) is 11.8 Å². The maximum atomic E-state index is 6.19. The van der Waals surface area contributed by atoms with Crippen molar-refractivity contribution in [3.8, 4) is 0 Å². The average molecular weight is 325 g/mol. The van der Waals surface area contributed by atoms with E-state index in [1.807, 2.05) is 0 Å². The summed E-state index contributed by atoms with van der Waals surface area (Å²) in [5.74, 6) is 1.38. The number of hydrogen-bond acceptors (Lipinski definition) is 3. The Hall–Kier alpha value is -0.120. The third-order valence-corrected chi connectivity index (χ3v) is 5.47. The van der Waals surface area contributed by atoms with Gasteiger partial charge in [-0.15, -0.1) is 0 Å². The molecule has 0 aromatic carbocycles. The van der Waals surface area contributed by atoms with E-state index >= 15 is 0 Å². The van der Waals surface area contributed by atoms with Crippen molar-refractivity contribution >= 4 is 0 Å². The number of nitrogens with one attached hydrogen (secondary N) is 2. The summed E-state index contributed by atoms with van der Waals surface area (Å²) in [5.41, 5.74) is 0. The molecule has 23 heavy (non-hydrogen) atoms. The van der Waals surface area contributed by atoms with Gasteiger partial charge in [-0.2, -0.15) is 0 Å². The third kappa shape index (κ3) is 8.00. The second-order valence-corrected chi connectivity index (χ2v) is 8.46. The fourth-order valence-electron chi connectivity index (χ4n) is 3.87. The van der Waals surface area contributed by atoms with Gasteiger partial charge < -0.3 is 15.4 Å².